The Kier molecular flexibility index (Phi) is 5.41. The summed E-state index contributed by atoms with van der Waals surface area (Å²) in [6.45, 7) is 4.10. The zero-order valence-electron chi connectivity index (χ0n) is 15.9. The van der Waals surface area contributed by atoms with E-state index in [0.717, 1.165) is 24.4 Å². The van der Waals surface area contributed by atoms with E-state index in [1.807, 2.05) is 31.2 Å². The number of nitrogens with one attached hydrogen (secondary N) is 1. The second kappa shape index (κ2) is 8.29. The van der Waals surface area contributed by atoms with Crippen LogP contribution < -0.4 is 10.2 Å². The monoisotopic (exact) mass is 380 g/mol. The zero-order valence-corrected chi connectivity index (χ0v) is 15.9. The molecule has 1 amide bonds. The number of furan rings is 1. The lowest BCUT2D eigenvalue weighted by atomic mass is 10.1. The fraction of sp³-hybridized carbons (Fsp3) is 0.381. The van der Waals surface area contributed by atoms with Gasteiger partial charge < -0.3 is 19.2 Å². The maximum atomic E-state index is 12.3. The second-order valence-corrected chi connectivity index (χ2v) is 7.18. The molecule has 0 saturated carbocycles. The van der Waals surface area contributed by atoms with Gasteiger partial charge in [-0.3, -0.25) is 4.79 Å². The molecule has 4 rings (SSSR count). The van der Waals surface area contributed by atoms with E-state index in [4.69, 9.17) is 8.94 Å². The zero-order chi connectivity index (χ0) is 19.3. The molecule has 1 aromatic carbocycles. The molecule has 1 atom stereocenters. The number of carbonyl (C=O) groups is 1. The number of nitrogens with zero attached hydrogens (tertiary/aromatic N) is 3. The second-order valence-electron chi connectivity index (χ2n) is 7.18. The van der Waals surface area contributed by atoms with Crippen molar-refractivity contribution in [1.29, 1.82) is 0 Å². The van der Waals surface area contributed by atoms with Crippen LogP contribution in [0.2, 0.25) is 0 Å². The van der Waals surface area contributed by atoms with Crippen LogP contribution in [0.25, 0.3) is 11.4 Å². The van der Waals surface area contributed by atoms with Crippen molar-refractivity contribution in [3.8, 4) is 11.4 Å². The predicted octanol–water partition coefficient (Wildman–Crippen LogP) is 3.68. The van der Waals surface area contributed by atoms with E-state index < -0.39 is 0 Å². The number of amides is 1. The van der Waals surface area contributed by atoms with Crippen molar-refractivity contribution in [2.75, 3.05) is 18.0 Å². The van der Waals surface area contributed by atoms with Gasteiger partial charge in [-0.05, 0) is 62.6 Å². The molecule has 1 fully saturated rings. The van der Waals surface area contributed by atoms with Gasteiger partial charge in [-0.2, -0.15) is 4.98 Å². The van der Waals surface area contributed by atoms with E-state index in [9.17, 15) is 4.79 Å². The Morgan fingerprint density at radius 3 is 2.68 bits per heavy atom. The van der Waals surface area contributed by atoms with Crippen LogP contribution >= 0.6 is 0 Å². The van der Waals surface area contributed by atoms with Crippen molar-refractivity contribution >= 4 is 11.6 Å². The van der Waals surface area contributed by atoms with Crippen LogP contribution in [0.1, 0.15) is 42.6 Å². The van der Waals surface area contributed by atoms with Crippen LogP contribution in [0.4, 0.5) is 5.69 Å². The largest absolute Gasteiger partial charge is 0.469 e. The van der Waals surface area contributed by atoms with Gasteiger partial charge in [0.15, 0.2) is 0 Å². The van der Waals surface area contributed by atoms with E-state index in [0.29, 0.717) is 12.2 Å². The predicted molar refractivity (Wildman–Crippen MR) is 105 cm³/mol. The Morgan fingerprint density at radius 2 is 1.96 bits per heavy atom. The minimum atomic E-state index is -0.386. The number of aromatic nitrogens is 2. The average molecular weight is 380 g/mol. The molecule has 7 nitrogen and oxygen atoms in total. The Morgan fingerprint density at radius 1 is 1.18 bits per heavy atom. The van der Waals surface area contributed by atoms with Crippen LogP contribution in [0.5, 0.6) is 0 Å². The maximum absolute atomic E-state index is 12.3. The minimum absolute atomic E-state index is 0.0404. The molecule has 3 aromatic rings. The molecule has 1 unspecified atom stereocenters. The lowest BCUT2D eigenvalue weighted by molar-refractivity contribution is 0.0895. The normalized spacial score (nSPS) is 15.4. The van der Waals surface area contributed by atoms with Gasteiger partial charge in [-0.25, -0.2) is 0 Å². The quantitative estimate of drug-likeness (QED) is 0.702. The van der Waals surface area contributed by atoms with Crippen molar-refractivity contribution in [1.82, 2.24) is 15.5 Å². The van der Waals surface area contributed by atoms with Crippen molar-refractivity contribution in [3.05, 3.63) is 54.3 Å². The van der Waals surface area contributed by atoms with Crippen LogP contribution in [0.3, 0.4) is 0 Å². The smallest absolute Gasteiger partial charge is 0.316 e. The summed E-state index contributed by atoms with van der Waals surface area (Å²) in [5.41, 5.74) is 2.03. The summed E-state index contributed by atoms with van der Waals surface area (Å²) in [7, 11) is 0. The highest BCUT2D eigenvalue weighted by molar-refractivity contribution is 5.90. The Labute approximate surface area is 163 Å². The van der Waals surface area contributed by atoms with E-state index >= 15 is 0 Å². The molecule has 7 heteroatoms. The van der Waals surface area contributed by atoms with Crippen molar-refractivity contribution in [2.24, 2.45) is 0 Å². The lowest BCUT2D eigenvalue weighted by Gasteiger charge is -2.28. The summed E-state index contributed by atoms with van der Waals surface area (Å²) in [6.07, 6.45) is 6.00. The number of carbonyl (C=O) groups excluding carboxylic acids is 1. The number of benzene rings is 1. The summed E-state index contributed by atoms with van der Waals surface area (Å²) in [6, 6.07) is 11.7. The summed E-state index contributed by atoms with van der Waals surface area (Å²) in [4.78, 5) is 19.0. The Bertz CT molecular complexity index is 896. The number of anilines is 1. The van der Waals surface area contributed by atoms with Gasteiger partial charge in [0, 0.05) is 36.8 Å². The third kappa shape index (κ3) is 4.24. The molecule has 0 radical (unpaired) electrons. The molecule has 0 aliphatic carbocycles. The SMILES string of the molecule is CC(Cc1ccco1)NC(=O)c1nc(-c2ccc(N3CCCCC3)cc2)no1. The van der Waals surface area contributed by atoms with E-state index in [1.165, 1.54) is 24.9 Å². The molecule has 1 saturated heterocycles. The maximum Gasteiger partial charge on any atom is 0.316 e. The van der Waals surface area contributed by atoms with E-state index in [1.54, 1.807) is 6.26 Å². The topological polar surface area (TPSA) is 84.4 Å². The van der Waals surface area contributed by atoms with Crippen LogP contribution in [0, 0.1) is 0 Å². The first kappa shape index (κ1) is 18.3. The standard InChI is InChI=1S/C21H24N4O3/c1-15(14-18-6-5-13-27-18)22-20(26)21-23-19(24-28-21)16-7-9-17(10-8-16)25-11-3-2-4-12-25/h5-10,13,15H,2-4,11-12,14H2,1H3,(H,22,26). The Balaban J connectivity index is 1.38. The Hall–Kier alpha value is -3.09. The third-order valence-corrected chi connectivity index (χ3v) is 4.93. The van der Waals surface area contributed by atoms with E-state index in [2.05, 4.69) is 32.5 Å². The molecule has 146 valence electrons. The third-order valence-electron chi connectivity index (χ3n) is 4.93. The highest BCUT2D eigenvalue weighted by Crippen LogP contribution is 2.23. The molecule has 2 aromatic heterocycles. The fourth-order valence-electron chi connectivity index (χ4n) is 3.47. The average Bonchev–Trinajstić information content (AvgIpc) is 3.41. The molecule has 0 bridgehead atoms. The van der Waals surface area contributed by atoms with E-state index in [-0.39, 0.29) is 17.8 Å². The molecule has 1 aliphatic heterocycles. The molecule has 3 heterocycles. The van der Waals surface area contributed by atoms with Crippen LogP contribution in [-0.4, -0.2) is 35.2 Å². The molecule has 0 spiro atoms. The van der Waals surface area contributed by atoms with Gasteiger partial charge in [0.05, 0.1) is 6.26 Å². The van der Waals surface area contributed by atoms with Crippen LogP contribution in [-0.2, 0) is 6.42 Å². The van der Waals surface area contributed by atoms with Gasteiger partial charge >= 0.3 is 11.8 Å². The summed E-state index contributed by atoms with van der Waals surface area (Å²) in [5, 5.41) is 6.80. The molecule has 28 heavy (non-hydrogen) atoms. The summed E-state index contributed by atoms with van der Waals surface area (Å²) in [5.74, 6) is 0.797. The molecule has 1 aliphatic rings. The molecule has 1 N–H and O–H groups in total. The first-order chi connectivity index (χ1) is 13.7. The van der Waals surface area contributed by atoms with Crippen molar-refractivity contribution in [2.45, 2.75) is 38.6 Å². The van der Waals surface area contributed by atoms with Gasteiger partial charge in [-0.1, -0.05) is 5.16 Å². The van der Waals surface area contributed by atoms with Gasteiger partial charge in [0.1, 0.15) is 5.76 Å². The highest BCUT2D eigenvalue weighted by atomic mass is 16.5. The minimum Gasteiger partial charge on any atom is -0.469 e. The fourth-order valence-corrected chi connectivity index (χ4v) is 3.47. The highest BCUT2D eigenvalue weighted by Gasteiger charge is 2.19. The van der Waals surface area contributed by atoms with Crippen molar-refractivity contribution in [3.63, 3.8) is 0 Å². The number of hydrogen-bond acceptors (Lipinski definition) is 6. The van der Waals surface area contributed by atoms with Gasteiger partial charge in [-0.15, -0.1) is 0 Å². The first-order valence-corrected chi connectivity index (χ1v) is 9.71. The lowest BCUT2D eigenvalue weighted by Crippen LogP contribution is -2.34. The molecular weight excluding hydrogens is 356 g/mol. The van der Waals surface area contributed by atoms with Gasteiger partial charge in [0.25, 0.3) is 0 Å². The number of rotatable bonds is 6. The summed E-state index contributed by atoms with van der Waals surface area (Å²) < 4.78 is 10.5. The van der Waals surface area contributed by atoms with Gasteiger partial charge in [0.2, 0.25) is 5.82 Å². The van der Waals surface area contributed by atoms with Crippen LogP contribution in [0.15, 0.2) is 51.6 Å². The van der Waals surface area contributed by atoms with Crippen molar-refractivity contribution < 1.29 is 13.7 Å². The summed E-state index contributed by atoms with van der Waals surface area (Å²) >= 11 is 0. The molecular formula is C21H24N4O3. The first-order valence-electron chi connectivity index (χ1n) is 9.71. The number of hydrogen-bond donors (Lipinski definition) is 1. The number of piperidine rings is 1.